The first kappa shape index (κ1) is 12.9. The van der Waals surface area contributed by atoms with Gasteiger partial charge in [0.05, 0.1) is 7.11 Å². The molecular weight excluding hydrogens is 244 g/mol. The van der Waals surface area contributed by atoms with Crippen molar-refractivity contribution in [2.24, 2.45) is 5.73 Å². The monoisotopic (exact) mass is 260 g/mol. The van der Waals surface area contributed by atoms with Crippen LogP contribution >= 0.6 is 11.8 Å². The van der Waals surface area contributed by atoms with Gasteiger partial charge in [0.1, 0.15) is 5.75 Å². The molecule has 0 amide bonds. The van der Waals surface area contributed by atoms with E-state index >= 15 is 0 Å². The molecule has 1 aromatic heterocycles. The van der Waals surface area contributed by atoms with Crippen LogP contribution in [0.2, 0.25) is 0 Å². The summed E-state index contributed by atoms with van der Waals surface area (Å²) < 4.78 is 5.14. The van der Waals surface area contributed by atoms with Crippen molar-refractivity contribution in [3.63, 3.8) is 0 Å². The number of thioether (sulfide) groups is 1. The number of benzene rings is 1. The molecule has 2 aromatic rings. The maximum atomic E-state index is 5.84. The smallest absolute Gasteiger partial charge is 0.118 e. The quantitative estimate of drug-likeness (QED) is 0.840. The Morgan fingerprint density at radius 1 is 1.28 bits per heavy atom. The minimum atomic E-state index is 0.229. The molecule has 1 heterocycles. The van der Waals surface area contributed by atoms with Crippen molar-refractivity contribution < 1.29 is 4.74 Å². The molecule has 0 radical (unpaired) electrons. The lowest BCUT2D eigenvalue weighted by Crippen LogP contribution is -2.09. The summed E-state index contributed by atoms with van der Waals surface area (Å²) in [5, 5.41) is 0.229. The highest BCUT2D eigenvalue weighted by Gasteiger charge is 2.11. The van der Waals surface area contributed by atoms with E-state index in [1.165, 1.54) is 4.90 Å². The van der Waals surface area contributed by atoms with Crippen LogP contribution < -0.4 is 10.5 Å². The van der Waals surface area contributed by atoms with Crippen LogP contribution in [0.4, 0.5) is 0 Å². The minimum absolute atomic E-state index is 0.229. The molecule has 4 heteroatoms. The average molecular weight is 260 g/mol. The van der Waals surface area contributed by atoms with Gasteiger partial charge < -0.3 is 10.5 Å². The number of rotatable bonds is 5. The number of aromatic nitrogens is 1. The zero-order valence-electron chi connectivity index (χ0n) is 10.2. The predicted molar refractivity (Wildman–Crippen MR) is 74.9 cm³/mol. The van der Waals surface area contributed by atoms with E-state index in [0.29, 0.717) is 6.54 Å². The van der Waals surface area contributed by atoms with Gasteiger partial charge in [0.15, 0.2) is 0 Å². The van der Waals surface area contributed by atoms with E-state index in [2.05, 4.69) is 11.1 Å². The Morgan fingerprint density at radius 2 is 2.06 bits per heavy atom. The molecule has 1 aromatic carbocycles. The van der Waals surface area contributed by atoms with Crippen molar-refractivity contribution in [3.05, 3.63) is 54.4 Å². The van der Waals surface area contributed by atoms with Gasteiger partial charge in [-0.15, -0.1) is 11.8 Å². The highest BCUT2D eigenvalue weighted by Crippen LogP contribution is 2.34. The Balaban J connectivity index is 2.10. The van der Waals surface area contributed by atoms with E-state index in [0.717, 1.165) is 11.3 Å². The Bertz CT molecular complexity index is 473. The second-order valence-corrected chi connectivity index (χ2v) is 5.08. The van der Waals surface area contributed by atoms with E-state index < -0.39 is 0 Å². The molecule has 0 saturated carbocycles. The maximum Gasteiger partial charge on any atom is 0.118 e. The molecule has 0 aliphatic carbocycles. The lowest BCUT2D eigenvalue weighted by molar-refractivity contribution is 0.414. The summed E-state index contributed by atoms with van der Waals surface area (Å²) in [6.07, 6.45) is 3.64. The maximum absolute atomic E-state index is 5.84. The second-order valence-electron chi connectivity index (χ2n) is 3.80. The predicted octanol–water partition coefficient (Wildman–Crippen LogP) is 2.88. The van der Waals surface area contributed by atoms with Crippen molar-refractivity contribution in [2.75, 3.05) is 13.7 Å². The molecule has 0 aliphatic heterocycles. The number of pyridine rings is 1. The molecule has 0 bridgehead atoms. The summed E-state index contributed by atoms with van der Waals surface area (Å²) in [6, 6.07) is 12.0. The van der Waals surface area contributed by atoms with Crippen LogP contribution in [0.3, 0.4) is 0 Å². The number of methoxy groups -OCH3 is 1. The highest BCUT2D eigenvalue weighted by molar-refractivity contribution is 7.99. The molecule has 1 unspecified atom stereocenters. The van der Waals surface area contributed by atoms with E-state index in [1.54, 1.807) is 25.1 Å². The van der Waals surface area contributed by atoms with Gasteiger partial charge in [-0.3, -0.25) is 4.98 Å². The number of nitrogens with two attached hydrogens (primary N) is 1. The molecule has 2 rings (SSSR count). The topological polar surface area (TPSA) is 48.1 Å². The van der Waals surface area contributed by atoms with Crippen LogP contribution in [0.1, 0.15) is 10.8 Å². The first-order valence-corrected chi connectivity index (χ1v) is 6.62. The lowest BCUT2D eigenvalue weighted by Gasteiger charge is -2.14. The largest absolute Gasteiger partial charge is 0.497 e. The van der Waals surface area contributed by atoms with Crippen molar-refractivity contribution in [1.29, 1.82) is 0 Å². The molecule has 1 atom stereocenters. The fraction of sp³-hybridized carbons (Fsp3) is 0.214. The summed E-state index contributed by atoms with van der Waals surface area (Å²) in [6.45, 7) is 0.586. The summed E-state index contributed by atoms with van der Waals surface area (Å²) in [5.74, 6) is 0.866. The van der Waals surface area contributed by atoms with Crippen molar-refractivity contribution >= 4 is 11.8 Å². The zero-order chi connectivity index (χ0) is 12.8. The van der Waals surface area contributed by atoms with Crippen molar-refractivity contribution in [2.45, 2.75) is 10.1 Å². The normalized spacial score (nSPS) is 12.1. The summed E-state index contributed by atoms with van der Waals surface area (Å²) >= 11 is 1.74. The van der Waals surface area contributed by atoms with Gasteiger partial charge in [0, 0.05) is 29.1 Å². The molecule has 3 nitrogen and oxygen atoms in total. The van der Waals surface area contributed by atoms with Crippen molar-refractivity contribution in [1.82, 2.24) is 4.98 Å². The van der Waals surface area contributed by atoms with Gasteiger partial charge in [-0.25, -0.2) is 0 Å². The van der Waals surface area contributed by atoms with Gasteiger partial charge in [-0.05, 0) is 35.9 Å². The van der Waals surface area contributed by atoms with Gasteiger partial charge in [-0.2, -0.15) is 0 Å². The minimum Gasteiger partial charge on any atom is -0.497 e. The fourth-order valence-electron chi connectivity index (χ4n) is 1.64. The molecule has 0 saturated heterocycles. The van der Waals surface area contributed by atoms with E-state index in [-0.39, 0.29) is 5.25 Å². The molecule has 2 N–H and O–H groups in total. The van der Waals surface area contributed by atoms with Crippen LogP contribution in [-0.2, 0) is 0 Å². The molecule has 94 valence electrons. The number of hydrogen-bond acceptors (Lipinski definition) is 4. The van der Waals surface area contributed by atoms with Crippen molar-refractivity contribution in [3.8, 4) is 5.75 Å². The fourth-order valence-corrected chi connectivity index (χ4v) is 2.63. The van der Waals surface area contributed by atoms with Crippen LogP contribution in [0, 0.1) is 0 Å². The summed E-state index contributed by atoms with van der Waals surface area (Å²) in [7, 11) is 1.67. The molecular formula is C14H16N2OS. The third kappa shape index (κ3) is 3.24. The van der Waals surface area contributed by atoms with Crippen LogP contribution in [0.15, 0.2) is 53.7 Å². The first-order chi connectivity index (χ1) is 8.83. The molecule has 0 aliphatic rings. The van der Waals surface area contributed by atoms with Gasteiger partial charge in [0.2, 0.25) is 0 Å². The summed E-state index contributed by atoms with van der Waals surface area (Å²) in [4.78, 5) is 5.31. The van der Waals surface area contributed by atoms with Crippen LogP contribution in [0.25, 0.3) is 0 Å². The third-order valence-corrected chi connectivity index (χ3v) is 3.90. The standard InChI is InChI=1S/C14H16N2OS/c1-17-12-4-6-13(7-5-12)18-14(9-15)11-3-2-8-16-10-11/h2-8,10,14H,9,15H2,1H3. The van der Waals surface area contributed by atoms with E-state index in [1.807, 2.05) is 36.5 Å². The Morgan fingerprint density at radius 3 is 2.61 bits per heavy atom. The number of hydrogen-bond donors (Lipinski definition) is 1. The van der Waals surface area contributed by atoms with E-state index in [9.17, 15) is 0 Å². The first-order valence-electron chi connectivity index (χ1n) is 5.74. The average Bonchev–Trinajstić information content (AvgIpc) is 2.46. The zero-order valence-corrected chi connectivity index (χ0v) is 11.1. The molecule has 0 spiro atoms. The number of nitrogens with zero attached hydrogens (tertiary/aromatic N) is 1. The Hall–Kier alpha value is -1.52. The lowest BCUT2D eigenvalue weighted by atomic mass is 10.2. The van der Waals surface area contributed by atoms with Gasteiger partial charge >= 0.3 is 0 Å². The molecule has 0 fully saturated rings. The molecule has 18 heavy (non-hydrogen) atoms. The SMILES string of the molecule is COc1ccc(SC(CN)c2cccnc2)cc1. The van der Waals surface area contributed by atoms with Gasteiger partial charge in [0.25, 0.3) is 0 Å². The Labute approximate surface area is 111 Å². The van der Waals surface area contributed by atoms with Crippen LogP contribution in [-0.4, -0.2) is 18.6 Å². The number of ether oxygens (including phenoxy) is 1. The van der Waals surface area contributed by atoms with Gasteiger partial charge in [-0.1, -0.05) is 6.07 Å². The van der Waals surface area contributed by atoms with Crippen LogP contribution in [0.5, 0.6) is 5.75 Å². The third-order valence-electron chi connectivity index (χ3n) is 2.61. The Kier molecular flexibility index (Phi) is 4.61. The highest BCUT2D eigenvalue weighted by atomic mass is 32.2. The second kappa shape index (κ2) is 6.42. The summed E-state index contributed by atoms with van der Waals surface area (Å²) in [5.41, 5.74) is 6.99. The van der Waals surface area contributed by atoms with E-state index in [4.69, 9.17) is 10.5 Å².